The fourth-order valence-electron chi connectivity index (χ4n) is 2.56. The maximum Gasteiger partial charge on any atom is 0.254 e. The number of ether oxygens (including phenoxy) is 1. The highest BCUT2D eigenvalue weighted by molar-refractivity contribution is 5.94. The second kappa shape index (κ2) is 6.35. The number of rotatable bonds is 4. The average Bonchev–Trinajstić information content (AvgIpc) is 2.87. The van der Waals surface area contributed by atoms with E-state index in [1.54, 1.807) is 25.1 Å². The molecule has 2 aromatic heterocycles. The van der Waals surface area contributed by atoms with Crippen LogP contribution in [0.4, 0.5) is 0 Å². The van der Waals surface area contributed by atoms with Gasteiger partial charge in [-0.3, -0.25) is 4.79 Å². The van der Waals surface area contributed by atoms with E-state index in [4.69, 9.17) is 4.74 Å². The first-order chi connectivity index (χ1) is 11.5. The van der Waals surface area contributed by atoms with Crippen LogP contribution >= 0.6 is 0 Å². The molecule has 0 saturated carbocycles. The third-order valence-electron chi connectivity index (χ3n) is 4.05. The molecule has 0 unspecified atom stereocenters. The van der Waals surface area contributed by atoms with Crippen LogP contribution in [0.1, 0.15) is 27.3 Å². The number of imidazole rings is 1. The number of fused-ring (bicyclic) bond motifs is 1. The quantitative estimate of drug-likeness (QED) is 0.740. The molecule has 1 aromatic carbocycles. The predicted molar refractivity (Wildman–Crippen MR) is 93.5 cm³/mol. The number of hydrogen-bond acceptors (Lipinski definition) is 3. The topological polar surface area (TPSA) is 46.8 Å². The number of pyridine rings is 1. The molecule has 2 heterocycles. The largest absolute Gasteiger partial charge is 0.485 e. The monoisotopic (exact) mass is 323 g/mol. The lowest BCUT2D eigenvalue weighted by atomic mass is 10.2. The standard InChI is InChI=1S/C19H21N3O2/c1-13-14(2)22-11-16(19(23)21(3)4)10-17(18(22)20-13)24-12-15-8-6-5-7-9-15/h5-11H,12H2,1-4H3. The molecular weight excluding hydrogens is 302 g/mol. The Morgan fingerprint density at radius 2 is 1.92 bits per heavy atom. The van der Waals surface area contributed by atoms with Crippen LogP contribution in [0.5, 0.6) is 5.75 Å². The summed E-state index contributed by atoms with van der Waals surface area (Å²) in [6.45, 7) is 4.37. The number of aryl methyl sites for hydroxylation is 2. The normalized spacial score (nSPS) is 10.8. The van der Waals surface area contributed by atoms with Gasteiger partial charge < -0.3 is 14.0 Å². The molecule has 0 aliphatic heterocycles. The molecule has 3 rings (SSSR count). The van der Waals surface area contributed by atoms with Crippen LogP contribution in [0.25, 0.3) is 5.65 Å². The van der Waals surface area contributed by atoms with E-state index in [0.29, 0.717) is 17.9 Å². The van der Waals surface area contributed by atoms with E-state index in [0.717, 1.165) is 22.6 Å². The zero-order chi connectivity index (χ0) is 17.3. The van der Waals surface area contributed by atoms with Gasteiger partial charge in [0.1, 0.15) is 6.61 Å². The van der Waals surface area contributed by atoms with Crippen molar-refractivity contribution in [1.29, 1.82) is 0 Å². The minimum atomic E-state index is -0.0628. The second-order valence-electron chi connectivity index (χ2n) is 6.04. The van der Waals surface area contributed by atoms with Gasteiger partial charge in [0.2, 0.25) is 0 Å². The van der Waals surface area contributed by atoms with Gasteiger partial charge in [-0.1, -0.05) is 30.3 Å². The summed E-state index contributed by atoms with van der Waals surface area (Å²) in [7, 11) is 3.48. The Morgan fingerprint density at radius 1 is 1.21 bits per heavy atom. The number of amides is 1. The molecule has 5 heteroatoms. The Labute approximate surface area is 141 Å². The zero-order valence-electron chi connectivity index (χ0n) is 14.4. The summed E-state index contributed by atoms with van der Waals surface area (Å²) in [6, 6.07) is 11.7. The van der Waals surface area contributed by atoms with Gasteiger partial charge in [-0.05, 0) is 25.5 Å². The van der Waals surface area contributed by atoms with E-state index >= 15 is 0 Å². The van der Waals surface area contributed by atoms with E-state index in [1.165, 1.54) is 0 Å². The van der Waals surface area contributed by atoms with Crippen molar-refractivity contribution in [3.8, 4) is 5.75 Å². The molecule has 3 aromatic rings. The second-order valence-corrected chi connectivity index (χ2v) is 6.04. The minimum absolute atomic E-state index is 0.0628. The van der Waals surface area contributed by atoms with Crippen LogP contribution in [0.15, 0.2) is 42.6 Å². The van der Waals surface area contributed by atoms with Gasteiger partial charge in [0.15, 0.2) is 11.4 Å². The van der Waals surface area contributed by atoms with Gasteiger partial charge >= 0.3 is 0 Å². The molecule has 0 spiro atoms. The highest BCUT2D eigenvalue weighted by Crippen LogP contribution is 2.25. The molecular formula is C19H21N3O2. The van der Waals surface area contributed by atoms with E-state index in [-0.39, 0.29) is 5.91 Å². The molecule has 0 aliphatic carbocycles. The summed E-state index contributed by atoms with van der Waals surface area (Å²) in [6.07, 6.45) is 1.82. The third-order valence-corrected chi connectivity index (χ3v) is 4.05. The number of nitrogens with zero attached hydrogens (tertiary/aromatic N) is 3. The molecule has 5 nitrogen and oxygen atoms in total. The fraction of sp³-hybridized carbons (Fsp3) is 0.263. The molecule has 0 fully saturated rings. The molecule has 0 N–H and O–H groups in total. The molecule has 0 radical (unpaired) electrons. The van der Waals surface area contributed by atoms with Crippen molar-refractivity contribution in [3.63, 3.8) is 0 Å². The molecule has 1 amide bonds. The van der Waals surface area contributed by atoms with Gasteiger partial charge in [0, 0.05) is 26.0 Å². The Kier molecular flexibility index (Phi) is 4.25. The SMILES string of the molecule is Cc1nc2c(OCc3ccccc3)cc(C(=O)N(C)C)cn2c1C. The van der Waals surface area contributed by atoms with Crippen LogP contribution in [0.2, 0.25) is 0 Å². The summed E-state index contributed by atoms with van der Waals surface area (Å²) in [5.74, 6) is 0.551. The van der Waals surface area contributed by atoms with Crippen molar-refractivity contribution in [2.75, 3.05) is 14.1 Å². The van der Waals surface area contributed by atoms with Crippen molar-refractivity contribution in [2.24, 2.45) is 0 Å². The van der Waals surface area contributed by atoms with Crippen LogP contribution in [-0.2, 0) is 6.61 Å². The van der Waals surface area contributed by atoms with Crippen LogP contribution in [-0.4, -0.2) is 34.3 Å². The van der Waals surface area contributed by atoms with Crippen LogP contribution in [0, 0.1) is 13.8 Å². The van der Waals surface area contributed by atoms with Gasteiger partial charge in [0.25, 0.3) is 5.91 Å². The van der Waals surface area contributed by atoms with Gasteiger partial charge in [-0.15, -0.1) is 0 Å². The maximum atomic E-state index is 12.4. The third kappa shape index (κ3) is 2.97. The van der Waals surface area contributed by atoms with Crippen molar-refractivity contribution < 1.29 is 9.53 Å². The molecule has 0 aliphatic rings. The molecule has 0 atom stereocenters. The molecule has 124 valence electrons. The van der Waals surface area contributed by atoms with Gasteiger partial charge in [-0.25, -0.2) is 4.98 Å². The first-order valence-electron chi connectivity index (χ1n) is 7.85. The fourth-order valence-corrected chi connectivity index (χ4v) is 2.56. The first kappa shape index (κ1) is 16.1. The number of aromatic nitrogens is 2. The number of carbonyl (C=O) groups excluding carboxylic acids is 1. The van der Waals surface area contributed by atoms with Gasteiger partial charge in [-0.2, -0.15) is 0 Å². The lowest BCUT2D eigenvalue weighted by Crippen LogP contribution is -2.22. The summed E-state index contributed by atoms with van der Waals surface area (Å²) in [5.41, 5.74) is 4.31. The van der Waals surface area contributed by atoms with Crippen molar-refractivity contribution in [2.45, 2.75) is 20.5 Å². The van der Waals surface area contributed by atoms with E-state index < -0.39 is 0 Å². The number of benzene rings is 1. The van der Waals surface area contributed by atoms with Crippen LogP contribution < -0.4 is 4.74 Å². The summed E-state index contributed by atoms with van der Waals surface area (Å²) >= 11 is 0. The lowest BCUT2D eigenvalue weighted by Gasteiger charge is -2.14. The highest BCUT2D eigenvalue weighted by atomic mass is 16.5. The van der Waals surface area contributed by atoms with Crippen LogP contribution in [0.3, 0.4) is 0 Å². The van der Waals surface area contributed by atoms with Crippen molar-refractivity contribution >= 4 is 11.6 Å². The zero-order valence-corrected chi connectivity index (χ0v) is 14.4. The minimum Gasteiger partial charge on any atom is -0.485 e. The molecule has 0 bridgehead atoms. The lowest BCUT2D eigenvalue weighted by molar-refractivity contribution is 0.0826. The molecule has 0 saturated heterocycles. The van der Waals surface area contributed by atoms with Crippen molar-refractivity contribution in [3.05, 3.63) is 65.1 Å². The maximum absolute atomic E-state index is 12.4. The van der Waals surface area contributed by atoms with Crippen molar-refractivity contribution in [1.82, 2.24) is 14.3 Å². The Hall–Kier alpha value is -2.82. The highest BCUT2D eigenvalue weighted by Gasteiger charge is 2.16. The summed E-state index contributed by atoms with van der Waals surface area (Å²) in [4.78, 5) is 18.5. The van der Waals surface area contributed by atoms with Gasteiger partial charge in [0.05, 0.1) is 11.3 Å². The number of hydrogen-bond donors (Lipinski definition) is 0. The summed E-state index contributed by atoms with van der Waals surface area (Å²) < 4.78 is 7.91. The Morgan fingerprint density at radius 3 is 2.58 bits per heavy atom. The first-order valence-corrected chi connectivity index (χ1v) is 7.85. The Balaban J connectivity index is 2.04. The Bertz CT molecular complexity index is 883. The average molecular weight is 323 g/mol. The predicted octanol–water partition coefficient (Wildman–Crippen LogP) is 3.23. The van der Waals surface area contributed by atoms with E-state index in [2.05, 4.69) is 4.98 Å². The summed E-state index contributed by atoms with van der Waals surface area (Å²) in [5, 5.41) is 0. The molecule has 24 heavy (non-hydrogen) atoms. The number of carbonyl (C=O) groups is 1. The smallest absolute Gasteiger partial charge is 0.254 e. The van der Waals surface area contributed by atoms with E-state index in [1.807, 2.05) is 54.8 Å². The van der Waals surface area contributed by atoms with E-state index in [9.17, 15) is 4.79 Å².